The predicted octanol–water partition coefficient (Wildman–Crippen LogP) is 6.67. The van der Waals surface area contributed by atoms with Gasteiger partial charge in [0.2, 0.25) is 0 Å². The molecule has 0 saturated heterocycles. The molecule has 0 unspecified atom stereocenters. The largest absolute Gasteiger partial charge is 0.513 e. The zero-order valence-electron chi connectivity index (χ0n) is 17.7. The van der Waals surface area contributed by atoms with Gasteiger partial charge in [0.25, 0.3) is 0 Å². The third kappa shape index (κ3) is 4.93. The van der Waals surface area contributed by atoms with E-state index in [1.165, 1.54) is 17.4 Å². The van der Waals surface area contributed by atoms with Gasteiger partial charge in [-0.15, -0.1) is 11.3 Å². The minimum atomic E-state index is -0.879. The van der Waals surface area contributed by atoms with Crippen LogP contribution in [-0.2, 0) is 6.42 Å². The summed E-state index contributed by atoms with van der Waals surface area (Å²) in [6.07, 6.45) is 4.02. The van der Waals surface area contributed by atoms with E-state index in [1.54, 1.807) is 24.3 Å². The number of aromatic hydroxyl groups is 1. The first-order chi connectivity index (χ1) is 15.4. The summed E-state index contributed by atoms with van der Waals surface area (Å²) in [6, 6.07) is 11.0. The highest BCUT2D eigenvalue weighted by Crippen LogP contribution is 2.38. The van der Waals surface area contributed by atoms with Gasteiger partial charge in [0.05, 0.1) is 11.5 Å². The van der Waals surface area contributed by atoms with Crippen molar-refractivity contribution in [3.05, 3.63) is 76.9 Å². The maximum absolute atomic E-state index is 14.3. The molecule has 0 aliphatic heterocycles. The molecule has 1 aliphatic carbocycles. The van der Waals surface area contributed by atoms with Crippen LogP contribution in [0.4, 0.5) is 13.9 Å². The highest BCUT2D eigenvalue weighted by Gasteiger charge is 2.24. The lowest BCUT2D eigenvalue weighted by Gasteiger charge is -2.27. The fourth-order valence-electron chi connectivity index (χ4n) is 4.22. The summed E-state index contributed by atoms with van der Waals surface area (Å²) in [5.74, 6) is -0.721. The van der Waals surface area contributed by atoms with Gasteiger partial charge in [0.1, 0.15) is 5.75 Å². The number of nitrogens with one attached hydrogen (secondary N) is 1. The number of hydrogen-bond acceptors (Lipinski definition) is 5. The number of anilines is 1. The van der Waals surface area contributed by atoms with E-state index in [1.807, 2.05) is 6.07 Å². The molecule has 168 valence electrons. The second-order valence-electron chi connectivity index (χ2n) is 8.29. The molecule has 0 spiro atoms. The molecular weight excluding hydrogens is 430 g/mol. The Morgan fingerprint density at radius 1 is 1.09 bits per heavy atom. The second kappa shape index (κ2) is 9.69. The van der Waals surface area contributed by atoms with Crippen LogP contribution in [0.5, 0.6) is 5.75 Å². The maximum Gasteiger partial charge on any atom is 0.183 e. The number of halogens is 2. The molecule has 1 fully saturated rings. The molecule has 1 saturated carbocycles. The van der Waals surface area contributed by atoms with Crippen molar-refractivity contribution in [3.8, 4) is 17.0 Å². The van der Waals surface area contributed by atoms with Crippen LogP contribution in [0.3, 0.4) is 0 Å². The van der Waals surface area contributed by atoms with Crippen LogP contribution in [0, 0.1) is 23.5 Å². The Morgan fingerprint density at radius 2 is 1.84 bits per heavy atom. The van der Waals surface area contributed by atoms with Gasteiger partial charge in [-0.3, -0.25) is 0 Å². The number of phenols is 1. The van der Waals surface area contributed by atoms with Crippen molar-refractivity contribution < 1.29 is 19.0 Å². The normalized spacial score (nSPS) is 18.4. The summed E-state index contributed by atoms with van der Waals surface area (Å²) in [5.41, 5.74) is 1.38. The molecule has 0 bridgehead atoms. The number of phenolic OH excluding ortho intramolecular Hbond substituents is 1. The number of para-hydroxylation sites is 1. The maximum atomic E-state index is 14.3. The average molecular weight is 457 g/mol. The lowest BCUT2D eigenvalue weighted by molar-refractivity contribution is 0.242. The third-order valence-electron chi connectivity index (χ3n) is 6.10. The molecular formula is C25H26F2N2O2S. The summed E-state index contributed by atoms with van der Waals surface area (Å²) in [4.78, 5) is 5.44. The molecule has 7 heteroatoms. The van der Waals surface area contributed by atoms with Crippen LogP contribution in [0.1, 0.15) is 36.1 Å². The molecule has 0 atom stereocenters. The molecule has 4 nitrogen and oxygen atoms in total. The zero-order valence-corrected chi connectivity index (χ0v) is 18.5. The van der Waals surface area contributed by atoms with E-state index in [0.29, 0.717) is 22.3 Å². The third-order valence-corrected chi connectivity index (χ3v) is 7.11. The molecule has 1 aliphatic rings. The lowest BCUT2D eigenvalue weighted by atomic mass is 9.81. The minimum Gasteiger partial charge on any atom is -0.513 e. The number of benzene rings is 2. The molecule has 0 radical (unpaired) electrons. The standard InChI is InChI=1S/C25H26F2N2O2S/c1-15(30)17-11-9-16(10-12-17)14-28-25-29-24(19-6-2-3-8-21(19)31)22(32-25)13-18-5-4-7-20(26)23(18)27/h2-8,16-17,30-31H,1,9-14H2,(H,28,29). The molecule has 3 N–H and O–H groups in total. The number of nitrogens with zero attached hydrogens (tertiary/aromatic N) is 1. The number of rotatable bonds is 7. The van der Waals surface area contributed by atoms with Crippen LogP contribution in [0.2, 0.25) is 0 Å². The van der Waals surface area contributed by atoms with E-state index >= 15 is 0 Å². The molecule has 1 heterocycles. The predicted molar refractivity (Wildman–Crippen MR) is 124 cm³/mol. The van der Waals surface area contributed by atoms with Crippen molar-refractivity contribution >= 4 is 16.5 Å². The monoisotopic (exact) mass is 456 g/mol. The van der Waals surface area contributed by atoms with Crippen LogP contribution in [0.25, 0.3) is 11.3 Å². The van der Waals surface area contributed by atoms with Gasteiger partial charge >= 0.3 is 0 Å². The van der Waals surface area contributed by atoms with E-state index < -0.39 is 11.6 Å². The van der Waals surface area contributed by atoms with Crippen molar-refractivity contribution in [2.45, 2.75) is 32.1 Å². The fourth-order valence-corrected chi connectivity index (χ4v) is 5.23. The van der Waals surface area contributed by atoms with E-state index in [4.69, 9.17) is 4.98 Å². The van der Waals surface area contributed by atoms with Crippen molar-refractivity contribution in [1.82, 2.24) is 4.98 Å². The Morgan fingerprint density at radius 3 is 2.56 bits per heavy atom. The van der Waals surface area contributed by atoms with Gasteiger partial charge in [-0.05, 0) is 55.4 Å². The molecule has 0 amide bonds. The van der Waals surface area contributed by atoms with E-state index in [2.05, 4.69) is 11.9 Å². The highest BCUT2D eigenvalue weighted by atomic mass is 32.1. The smallest absolute Gasteiger partial charge is 0.183 e. The summed E-state index contributed by atoms with van der Waals surface area (Å²) < 4.78 is 28.0. The highest BCUT2D eigenvalue weighted by molar-refractivity contribution is 7.16. The SMILES string of the molecule is C=C(O)C1CCC(CNc2nc(-c3ccccc3O)c(Cc3cccc(F)c3F)s2)CC1. The van der Waals surface area contributed by atoms with Crippen LogP contribution < -0.4 is 5.32 Å². The van der Waals surface area contributed by atoms with Gasteiger partial charge < -0.3 is 15.5 Å². The van der Waals surface area contributed by atoms with Crippen molar-refractivity contribution in [2.75, 3.05) is 11.9 Å². The molecule has 4 rings (SSSR count). The zero-order chi connectivity index (χ0) is 22.7. The molecule has 2 aromatic carbocycles. The molecule has 32 heavy (non-hydrogen) atoms. The number of allylic oxidation sites excluding steroid dienone is 1. The van der Waals surface area contributed by atoms with Gasteiger partial charge in [-0.25, -0.2) is 13.8 Å². The summed E-state index contributed by atoms with van der Waals surface area (Å²) in [5, 5.41) is 24.0. The minimum absolute atomic E-state index is 0.0906. The molecule has 1 aromatic heterocycles. The topological polar surface area (TPSA) is 65.4 Å². The molecule has 3 aromatic rings. The van der Waals surface area contributed by atoms with Gasteiger partial charge in [-0.2, -0.15) is 0 Å². The second-order valence-corrected chi connectivity index (χ2v) is 9.37. The lowest BCUT2D eigenvalue weighted by Crippen LogP contribution is -2.21. The average Bonchev–Trinajstić information content (AvgIpc) is 3.18. The van der Waals surface area contributed by atoms with E-state index in [0.717, 1.165) is 43.2 Å². The van der Waals surface area contributed by atoms with Crippen molar-refractivity contribution in [2.24, 2.45) is 11.8 Å². The number of thiazole rings is 1. The first-order valence-corrected chi connectivity index (χ1v) is 11.6. The fraction of sp³-hybridized carbons (Fsp3) is 0.320. The first kappa shape index (κ1) is 22.3. The van der Waals surface area contributed by atoms with Crippen molar-refractivity contribution in [3.63, 3.8) is 0 Å². The Kier molecular flexibility index (Phi) is 6.74. The summed E-state index contributed by atoms with van der Waals surface area (Å²) in [6.45, 7) is 4.39. The van der Waals surface area contributed by atoms with Gasteiger partial charge in [0.15, 0.2) is 16.8 Å². The Balaban J connectivity index is 1.55. The number of hydrogen-bond donors (Lipinski definition) is 3. The van der Waals surface area contributed by atoms with E-state index in [9.17, 15) is 19.0 Å². The summed E-state index contributed by atoms with van der Waals surface area (Å²) in [7, 11) is 0. The number of aliphatic hydroxyl groups is 1. The first-order valence-electron chi connectivity index (χ1n) is 10.7. The van der Waals surface area contributed by atoms with Gasteiger partial charge in [0, 0.05) is 29.3 Å². The number of aromatic nitrogens is 1. The van der Waals surface area contributed by atoms with Crippen LogP contribution >= 0.6 is 11.3 Å². The summed E-state index contributed by atoms with van der Waals surface area (Å²) >= 11 is 1.39. The van der Waals surface area contributed by atoms with E-state index in [-0.39, 0.29) is 29.4 Å². The van der Waals surface area contributed by atoms with Gasteiger partial charge in [-0.1, -0.05) is 30.8 Å². The van der Waals surface area contributed by atoms with Crippen molar-refractivity contribution in [1.29, 1.82) is 0 Å². The quantitative estimate of drug-likeness (QED) is 0.347. The Labute approximate surface area is 190 Å². The van der Waals surface area contributed by atoms with Crippen LogP contribution in [-0.4, -0.2) is 21.7 Å². The van der Waals surface area contributed by atoms with Crippen LogP contribution in [0.15, 0.2) is 54.8 Å². The Hall–Kier alpha value is -2.93. The Bertz CT molecular complexity index is 1110. The number of aliphatic hydroxyl groups excluding tert-OH is 1.